The van der Waals surface area contributed by atoms with Crippen molar-refractivity contribution in [2.45, 2.75) is 27.2 Å². The Bertz CT molecular complexity index is 530. The van der Waals surface area contributed by atoms with E-state index in [4.69, 9.17) is 5.26 Å². The molecule has 1 aromatic rings. The largest absolute Gasteiger partial charge is 0.324 e. The van der Waals surface area contributed by atoms with Crippen LogP contribution in [-0.2, 0) is 9.59 Å². The van der Waals surface area contributed by atoms with Crippen LogP contribution in [0.25, 0.3) is 0 Å². The molecule has 0 radical (unpaired) electrons. The number of nitriles is 1. The summed E-state index contributed by atoms with van der Waals surface area (Å²) in [5, 5.41) is 13.8. The van der Waals surface area contributed by atoms with Crippen LogP contribution in [0.1, 0.15) is 25.8 Å². The number of amides is 2. The molecule has 1 rings (SSSR count). The van der Waals surface area contributed by atoms with Crippen molar-refractivity contribution < 1.29 is 9.59 Å². The summed E-state index contributed by atoms with van der Waals surface area (Å²) in [4.78, 5) is 23.1. The Hall–Kier alpha value is -2.35. The summed E-state index contributed by atoms with van der Waals surface area (Å²) in [7, 11) is 0. The van der Waals surface area contributed by atoms with Crippen molar-refractivity contribution in [3.8, 4) is 6.07 Å². The smallest absolute Gasteiger partial charge is 0.238 e. The van der Waals surface area contributed by atoms with Crippen LogP contribution in [0.15, 0.2) is 18.2 Å². The molecule has 1 aromatic carbocycles. The molecule has 0 aromatic heterocycles. The number of nitrogens with zero attached hydrogens (tertiary/aromatic N) is 1. The monoisotopic (exact) mass is 259 g/mol. The van der Waals surface area contributed by atoms with Gasteiger partial charge in [0.15, 0.2) is 0 Å². The van der Waals surface area contributed by atoms with Gasteiger partial charge in [0.05, 0.1) is 17.4 Å². The zero-order valence-electron chi connectivity index (χ0n) is 11.3. The number of rotatable bonds is 4. The predicted octanol–water partition coefficient (Wildman–Crippen LogP) is 2.44. The minimum Gasteiger partial charge on any atom is -0.324 e. The molecule has 0 unspecified atom stereocenters. The molecule has 2 amide bonds. The minimum atomic E-state index is -0.395. The molecule has 0 aliphatic rings. The number of anilines is 2. The van der Waals surface area contributed by atoms with Gasteiger partial charge in [0.2, 0.25) is 11.8 Å². The number of aryl methyl sites for hydroxylation is 1. The van der Waals surface area contributed by atoms with Gasteiger partial charge < -0.3 is 10.6 Å². The van der Waals surface area contributed by atoms with Crippen molar-refractivity contribution in [2.24, 2.45) is 5.92 Å². The van der Waals surface area contributed by atoms with Crippen LogP contribution in [0.5, 0.6) is 0 Å². The highest BCUT2D eigenvalue weighted by atomic mass is 16.2. The van der Waals surface area contributed by atoms with E-state index in [9.17, 15) is 9.59 Å². The predicted molar refractivity (Wildman–Crippen MR) is 73.5 cm³/mol. The topological polar surface area (TPSA) is 82.0 Å². The van der Waals surface area contributed by atoms with E-state index in [-0.39, 0.29) is 18.2 Å². The average molecular weight is 259 g/mol. The third kappa shape index (κ3) is 4.43. The normalized spacial score (nSPS) is 9.84. The zero-order chi connectivity index (χ0) is 14.4. The molecule has 5 heteroatoms. The molecule has 19 heavy (non-hydrogen) atoms. The first-order valence-electron chi connectivity index (χ1n) is 6.02. The van der Waals surface area contributed by atoms with E-state index in [0.717, 1.165) is 5.56 Å². The fourth-order valence-corrected chi connectivity index (χ4v) is 1.41. The summed E-state index contributed by atoms with van der Waals surface area (Å²) in [5.41, 5.74) is 2.00. The maximum absolute atomic E-state index is 11.7. The van der Waals surface area contributed by atoms with E-state index in [2.05, 4.69) is 10.6 Å². The molecular formula is C14H17N3O2. The van der Waals surface area contributed by atoms with Crippen molar-refractivity contribution in [2.75, 3.05) is 10.6 Å². The summed E-state index contributed by atoms with van der Waals surface area (Å²) in [6.45, 7) is 5.46. The Labute approximate surface area is 112 Å². The first-order valence-corrected chi connectivity index (χ1v) is 6.02. The van der Waals surface area contributed by atoms with Gasteiger partial charge in [-0.15, -0.1) is 0 Å². The van der Waals surface area contributed by atoms with Crippen molar-refractivity contribution in [1.82, 2.24) is 0 Å². The molecule has 100 valence electrons. The van der Waals surface area contributed by atoms with Crippen molar-refractivity contribution in [3.05, 3.63) is 23.8 Å². The molecule has 0 fully saturated rings. The van der Waals surface area contributed by atoms with Gasteiger partial charge in [-0.3, -0.25) is 9.59 Å². The number of hydrogen-bond acceptors (Lipinski definition) is 3. The molecule has 0 heterocycles. The van der Waals surface area contributed by atoms with Gasteiger partial charge in [-0.05, 0) is 24.6 Å². The molecule has 0 saturated heterocycles. The van der Waals surface area contributed by atoms with Gasteiger partial charge in [0.25, 0.3) is 0 Å². The number of hydrogen-bond donors (Lipinski definition) is 2. The number of benzene rings is 1. The van der Waals surface area contributed by atoms with Crippen LogP contribution in [0, 0.1) is 24.2 Å². The molecule has 0 bridgehead atoms. The lowest BCUT2D eigenvalue weighted by Crippen LogP contribution is -2.20. The van der Waals surface area contributed by atoms with Gasteiger partial charge in [0.1, 0.15) is 6.42 Å². The van der Waals surface area contributed by atoms with Gasteiger partial charge in [0, 0.05) is 5.92 Å². The Morgan fingerprint density at radius 1 is 1.26 bits per heavy atom. The van der Waals surface area contributed by atoms with Crippen LogP contribution < -0.4 is 10.6 Å². The second-order valence-corrected chi connectivity index (χ2v) is 4.58. The van der Waals surface area contributed by atoms with Crippen LogP contribution >= 0.6 is 0 Å². The summed E-state index contributed by atoms with van der Waals surface area (Å²) in [6.07, 6.45) is -0.217. The standard InChI is InChI=1S/C14H17N3O2/c1-9(2)14(19)17-11-5-4-10(3)8-12(11)16-13(18)6-7-15/h4-5,8-9H,6H2,1-3H3,(H,16,18)(H,17,19). The van der Waals surface area contributed by atoms with E-state index >= 15 is 0 Å². The Kier molecular flexibility index (Phi) is 5.07. The van der Waals surface area contributed by atoms with Crippen molar-refractivity contribution in [3.63, 3.8) is 0 Å². The van der Waals surface area contributed by atoms with Gasteiger partial charge in [-0.1, -0.05) is 19.9 Å². The first kappa shape index (κ1) is 14.7. The van der Waals surface area contributed by atoms with E-state index in [1.807, 2.05) is 13.0 Å². The number of carbonyl (C=O) groups is 2. The third-order valence-electron chi connectivity index (χ3n) is 2.47. The highest BCUT2D eigenvalue weighted by Gasteiger charge is 2.12. The maximum Gasteiger partial charge on any atom is 0.238 e. The van der Waals surface area contributed by atoms with E-state index < -0.39 is 5.91 Å². The van der Waals surface area contributed by atoms with E-state index in [1.54, 1.807) is 32.0 Å². The highest BCUT2D eigenvalue weighted by Crippen LogP contribution is 2.23. The Balaban J connectivity index is 2.95. The lowest BCUT2D eigenvalue weighted by Gasteiger charge is -2.13. The molecule has 0 aliphatic carbocycles. The number of carbonyl (C=O) groups excluding carboxylic acids is 2. The fourth-order valence-electron chi connectivity index (χ4n) is 1.41. The summed E-state index contributed by atoms with van der Waals surface area (Å²) in [5.74, 6) is -0.670. The van der Waals surface area contributed by atoms with E-state index in [1.165, 1.54) is 0 Å². The molecule has 0 saturated carbocycles. The maximum atomic E-state index is 11.7. The summed E-state index contributed by atoms with van der Waals surface area (Å²) >= 11 is 0. The van der Waals surface area contributed by atoms with Crippen LogP contribution in [0.3, 0.4) is 0 Å². The molecule has 0 spiro atoms. The van der Waals surface area contributed by atoms with Gasteiger partial charge in [-0.25, -0.2) is 0 Å². The van der Waals surface area contributed by atoms with Gasteiger partial charge in [-0.2, -0.15) is 5.26 Å². The SMILES string of the molecule is Cc1ccc(NC(=O)C(C)C)c(NC(=O)CC#N)c1. The molecule has 5 nitrogen and oxygen atoms in total. The summed E-state index contributed by atoms with van der Waals surface area (Å²) in [6, 6.07) is 7.11. The second-order valence-electron chi connectivity index (χ2n) is 4.58. The lowest BCUT2D eigenvalue weighted by atomic mass is 10.1. The first-order chi connectivity index (χ1) is 8.93. The van der Waals surface area contributed by atoms with Crippen LogP contribution in [-0.4, -0.2) is 11.8 Å². The quantitative estimate of drug-likeness (QED) is 0.871. The van der Waals surface area contributed by atoms with Crippen LogP contribution in [0.2, 0.25) is 0 Å². The zero-order valence-corrected chi connectivity index (χ0v) is 11.3. The van der Waals surface area contributed by atoms with E-state index in [0.29, 0.717) is 11.4 Å². The van der Waals surface area contributed by atoms with Crippen LogP contribution in [0.4, 0.5) is 11.4 Å². The van der Waals surface area contributed by atoms with Crippen molar-refractivity contribution in [1.29, 1.82) is 5.26 Å². The second kappa shape index (κ2) is 6.55. The van der Waals surface area contributed by atoms with Gasteiger partial charge >= 0.3 is 0 Å². The summed E-state index contributed by atoms with van der Waals surface area (Å²) < 4.78 is 0. The highest BCUT2D eigenvalue weighted by molar-refractivity contribution is 6.00. The molecular weight excluding hydrogens is 242 g/mol. The molecule has 0 atom stereocenters. The van der Waals surface area contributed by atoms with Crippen molar-refractivity contribution >= 4 is 23.2 Å². The third-order valence-corrected chi connectivity index (χ3v) is 2.47. The average Bonchev–Trinajstić information content (AvgIpc) is 2.32. The fraction of sp³-hybridized carbons (Fsp3) is 0.357. The minimum absolute atomic E-state index is 0.125. The number of nitrogens with one attached hydrogen (secondary N) is 2. The molecule has 2 N–H and O–H groups in total. The Morgan fingerprint density at radius 3 is 2.53 bits per heavy atom. The Morgan fingerprint density at radius 2 is 1.95 bits per heavy atom. The lowest BCUT2D eigenvalue weighted by molar-refractivity contribution is -0.119. The molecule has 0 aliphatic heterocycles.